The molecule has 1 atom stereocenters. The van der Waals surface area contributed by atoms with Gasteiger partial charge in [-0.05, 0) is 56.5 Å². The largest absolute Gasteiger partial charge is 0.350 e. The molecule has 1 aliphatic rings. The van der Waals surface area contributed by atoms with Crippen LogP contribution < -0.4 is 10.6 Å². The lowest BCUT2D eigenvalue weighted by Crippen LogP contribution is -2.36. The number of aryl methyl sites for hydroxylation is 3. The predicted molar refractivity (Wildman–Crippen MR) is 81.3 cm³/mol. The Bertz CT molecular complexity index is 666. The summed E-state index contributed by atoms with van der Waals surface area (Å²) in [5.74, 6) is -0.00801. The first kappa shape index (κ1) is 13.2. The van der Waals surface area contributed by atoms with Crippen molar-refractivity contribution in [2.75, 3.05) is 13.1 Å². The number of aromatic amines is 1. The van der Waals surface area contributed by atoms with Gasteiger partial charge in [-0.25, -0.2) is 0 Å². The van der Waals surface area contributed by atoms with Gasteiger partial charge in [-0.3, -0.25) is 4.79 Å². The Kier molecular flexibility index (Phi) is 3.26. The maximum absolute atomic E-state index is 12.3. The van der Waals surface area contributed by atoms with Gasteiger partial charge in [0.25, 0.3) is 5.91 Å². The van der Waals surface area contributed by atoms with Crippen LogP contribution in [0.1, 0.15) is 33.6 Å². The van der Waals surface area contributed by atoms with Crippen molar-refractivity contribution in [2.24, 2.45) is 0 Å². The topological polar surface area (TPSA) is 56.9 Å². The minimum Gasteiger partial charge on any atom is -0.350 e. The third kappa shape index (κ3) is 2.20. The van der Waals surface area contributed by atoms with E-state index in [4.69, 9.17) is 0 Å². The molecule has 3 N–H and O–H groups in total. The molecule has 0 spiro atoms. The zero-order valence-electron chi connectivity index (χ0n) is 12.3. The molecular formula is C16H21N3O. The van der Waals surface area contributed by atoms with Crippen LogP contribution in [0.5, 0.6) is 0 Å². The lowest BCUT2D eigenvalue weighted by molar-refractivity contribution is 0.0936. The summed E-state index contributed by atoms with van der Waals surface area (Å²) in [4.78, 5) is 15.6. The van der Waals surface area contributed by atoms with Crippen molar-refractivity contribution >= 4 is 16.8 Å². The molecule has 0 aliphatic carbocycles. The molecule has 0 unspecified atom stereocenters. The van der Waals surface area contributed by atoms with Gasteiger partial charge in [0.2, 0.25) is 0 Å². The number of hydrogen-bond acceptors (Lipinski definition) is 2. The van der Waals surface area contributed by atoms with E-state index in [2.05, 4.69) is 42.5 Å². The maximum Gasteiger partial charge on any atom is 0.267 e. The SMILES string of the molecule is Cc1cc(C)c2cc(C(=O)N[C@@H]3CCNC3)[nH]c2c1C. The van der Waals surface area contributed by atoms with Crippen molar-refractivity contribution in [2.45, 2.75) is 33.2 Å². The Morgan fingerprint density at radius 2 is 2.05 bits per heavy atom. The number of carbonyl (C=O) groups is 1. The second kappa shape index (κ2) is 4.94. The number of carbonyl (C=O) groups excluding carboxylic acids is 1. The quantitative estimate of drug-likeness (QED) is 0.784. The van der Waals surface area contributed by atoms with Gasteiger partial charge in [0.15, 0.2) is 0 Å². The fraction of sp³-hybridized carbons (Fsp3) is 0.438. The van der Waals surface area contributed by atoms with Gasteiger partial charge < -0.3 is 15.6 Å². The Hall–Kier alpha value is -1.81. The second-order valence-corrected chi connectivity index (χ2v) is 5.77. The highest BCUT2D eigenvalue weighted by Gasteiger charge is 2.19. The number of benzene rings is 1. The first-order valence-corrected chi connectivity index (χ1v) is 7.17. The number of amides is 1. The highest BCUT2D eigenvalue weighted by atomic mass is 16.1. The van der Waals surface area contributed by atoms with Crippen LogP contribution in [0.4, 0.5) is 0 Å². The fourth-order valence-electron chi connectivity index (χ4n) is 2.93. The van der Waals surface area contributed by atoms with Crippen LogP contribution in [0.15, 0.2) is 12.1 Å². The molecule has 4 nitrogen and oxygen atoms in total. The van der Waals surface area contributed by atoms with Crippen LogP contribution in [0.25, 0.3) is 10.9 Å². The predicted octanol–water partition coefficient (Wildman–Crippen LogP) is 2.18. The van der Waals surface area contributed by atoms with Crippen molar-refractivity contribution in [3.63, 3.8) is 0 Å². The Morgan fingerprint density at radius 3 is 2.75 bits per heavy atom. The molecule has 106 valence electrons. The van der Waals surface area contributed by atoms with E-state index in [1.165, 1.54) is 16.7 Å². The van der Waals surface area contributed by atoms with E-state index >= 15 is 0 Å². The molecule has 0 saturated carbocycles. The van der Waals surface area contributed by atoms with Gasteiger partial charge in [-0.1, -0.05) is 6.07 Å². The molecule has 1 fully saturated rings. The number of rotatable bonds is 2. The van der Waals surface area contributed by atoms with Crippen molar-refractivity contribution in [3.8, 4) is 0 Å². The first-order valence-electron chi connectivity index (χ1n) is 7.17. The molecule has 1 saturated heterocycles. The molecule has 3 rings (SSSR count). The Morgan fingerprint density at radius 1 is 1.25 bits per heavy atom. The summed E-state index contributed by atoms with van der Waals surface area (Å²) >= 11 is 0. The molecule has 2 heterocycles. The zero-order valence-corrected chi connectivity index (χ0v) is 12.3. The summed E-state index contributed by atoms with van der Waals surface area (Å²) in [6.45, 7) is 8.13. The number of aromatic nitrogens is 1. The monoisotopic (exact) mass is 271 g/mol. The van der Waals surface area contributed by atoms with Crippen LogP contribution in [0.2, 0.25) is 0 Å². The molecular weight excluding hydrogens is 250 g/mol. The molecule has 4 heteroatoms. The van der Waals surface area contributed by atoms with Gasteiger partial charge in [0, 0.05) is 23.5 Å². The van der Waals surface area contributed by atoms with Crippen molar-refractivity contribution in [3.05, 3.63) is 34.5 Å². The maximum atomic E-state index is 12.3. The lowest BCUT2D eigenvalue weighted by Gasteiger charge is -2.09. The molecule has 2 aromatic rings. The van der Waals surface area contributed by atoms with Crippen LogP contribution >= 0.6 is 0 Å². The Balaban J connectivity index is 1.94. The van der Waals surface area contributed by atoms with E-state index in [1.807, 2.05) is 6.07 Å². The number of fused-ring (bicyclic) bond motifs is 1. The van der Waals surface area contributed by atoms with Gasteiger partial charge in [0.1, 0.15) is 5.69 Å². The van der Waals surface area contributed by atoms with E-state index in [-0.39, 0.29) is 11.9 Å². The molecule has 1 aromatic heterocycles. The smallest absolute Gasteiger partial charge is 0.267 e. The van der Waals surface area contributed by atoms with E-state index in [0.29, 0.717) is 5.69 Å². The minimum atomic E-state index is -0.00801. The van der Waals surface area contributed by atoms with Gasteiger partial charge in [-0.15, -0.1) is 0 Å². The second-order valence-electron chi connectivity index (χ2n) is 5.77. The van der Waals surface area contributed by atoms with Crippen LogP contribution in [-0.4, -0.2) is 30.0 Å². The zero-order chi connectivity index (χ0) is 14.3. The molecule has 0 bridgehead atoms. The third-order valence-corrected chi connectivity index (χ3v) is 4.28. The Labute approximate surface area is 118 Å². The standard InChI is InChI=1S/C16H21N3O/c1-9-6-10(2)13-7-14(19-15(13)11(9)3)16(20)18-12-4-5-17-8-12/h6-7,12,17,19H,4-5,8H2,1-3H3,(H,18,20)/t12-/m1/s1. The lowest BCUT2D eigenvalue weighted by atomic mass is 10.0. The van der Waals surface area contributed by atoms with E-state index in [1.54, 1.807) is 0 Å². The van der Waals surface area contributed by atoms with E-state index in [0.717, 1.165) is 30.4 Å². The average molecular weight is 271 g/mol. The highest BCUT2D eigenvalue weighted by Crippen LogP contribution is 2.25. The average Bonchev–Trinajstić information content (AvgIpc) is 3.04. The molecule has 1 aliphatic heterocycles. The van der Waals surface area contributed by atoms with E-state index in [9.17, 15) is 4.79 Å². The van der Waals surface area contributed by atoms with Crippen LogP contribution in [0, 0.1) is 20.8 Å². The summed E-state index contributed by atoms with van der Waals surface area (Å²) < 4.78 is 0. The number of nitrogens with one attached hydrogen (secondary N) is 3. The van der Waals surface area contributed by atoms with Crippen LogP contribution in [-0.2, 0) is 0 Å². The summed E-state index contributed by atoms with van der Waals surface area (Å²) in [5, 5.41) is 7.47. The van der Waals surface area contributed by atoms with Gasteiger partial charge in [0.05, 0.1) is 0 Å². The summed E-state index contributed by atoms with van der Waals surface area (Å²) in [6.07, 6.45) is 1.00. The van der Waals surface area contributed by atoms with Crippen molar-refractivity contribution < 1.29 is 4.79 Å². The first-order chi connectivity index (χ1) is 9.56. The number of H-pyrrole nitrogens is 1. The fourth-order valence-corrected chi connectivity index (χ4v) is 2.93. The molecule has 1 amide bonds. The normalized spacial score (nSPS) is 18.6. The van der Waals surface area contributed by atoms with Crippen molar-refractivity contribution in [1.29, 1.82) is 0 Å². The molecule has 20 heavy (non-hydrogen) atoms. The third-order valence-electron chi connectivity index (χ3n) is 4.28. The minimum absolute atomic E-state index is 0.00801. The summed E-state index contributed by atoms with van der Waals surface area (Å²) in [6, 6.07) is 4.39. The van der Waals surface area contributed by atoms with E-state index < -0.39 is 0 Å². The molecule has 1 aromatic carbocycles. The number of hydrogen-bond donors (Lipinski definition) is 3. The summed E-state index contributed by atoms with van der Waals surface area (Å²) in [5.41, 5.74) is 5.41. The van der Waals surface area contributed by atoms with Gasteiger partial charge >= 0.3 is 0 Å². The molecule has 0 radical (unpaired) electrons. The van der Waals surface area contributed by atoms with Crippen LogP contribution in [0.3, 0.4) is 0 Å². The van der Waals surface area contributed by atoms with Gasteiger partial charge in [-0.2, -0.15) is 0 Å². The van der Waals surface area contributed by atoms with Crippen molar-refractivity contribution in [1.82, 2.24) is 15.6 Å². The summed E-state index contributed by atoms with van der Waals surface area (Å²) in [7, 11) is 0. The highest BCUT2D eigenvalue weighted by molar-refractivity contribution is 6.00.